The van der Waals surface area contributed by atoms with Crippen molar-refractivity contribution < 1.29 is 4.79 Å². The van der Waals surface area contributed by atoms with Crippen LogP contribution in [-0.4, -0.2) is 33.3 Å². The van der Waals surface area contributed by atoms with E-state index in [0.717, 1.165) is 48.1 Å². The lowest BCUT2D eigenvalue weighted by Gasteiger charge is -2.44. The Bertz CT molecular complexity index is 724. The SMILES string of the molecule is O=C(Cc1cnc2ccccn12)N1C[C@@H]2C3CCC(CC3)[C@@H]2C1. The van der Waals surface area contributed by atoms with Crippen LogP contribution in [0.3, 0.4) is 0 Å². The van der Waals surface area contributed by atoms with E-state index in [-0.39, 0.29) is 5.91 Å². The minimum atomic E-state index is 0.282. The van der Waals surface area contributed by atoms with Crippen molar-refractivity contribution in [3.05, 3.63) is 36.3 Å². The van der Waals surface area contributed by atoms with Gasteiger partial charge in [-0.05, 0) is 61.5 Å². The lowest BCUT2D eigenvalue weighted by Crippen LogP contribution is -2.38. The van der Waals surface area contributed by atoms with Gasteiger partial charge in [0, 0.05) is 25.5 Å². The molecule has 23 heavy (non-hydrogen) atoms. The molecule has 0 radical (unpaired) electrons. The molecule has 3 saturated carbocycles. The molecule has 0 N–H and O–H groups in total. The number of fused-ring (bicyclic) bond motifs is 3. The Balaban J connectivity index is 1.34. The van der Waals surface area contributed by atoms with Crippen molar-refractivity contribution in [3.63, 3.8) is 0 Å². The molecule has 2 atom stereocenters. The van der Waals surface area contributed by atoms with Crippen molar-refractivity contribution in [3.8, 4) is 0 Å². The minimum absolute atomic E-state index is 0.282. The molecule has 1 aliphatic heterocycles. The van der Waals surface area contributed by atoms with Crippen LogP contribution in [0.1, 0.15) is 31.4 Å². The van der Waals surface area contributed by atoms with Gasteiger partial charge in [0.2, 0.25) is 5.91 Å². The van der Waals surface area contributed by atoms with E-state index in [9.17, 15) is 4.79 Å². The number of imidazole rings is 1. The topological polar surface area (TPSA) is 37.6 Å². The first kappa shape index (κ1) is 13.6. The van der Waals surface area contributed by atoms with Crippen LogP contribution < -0.4 is 0 Å². The lowest BCUT2D eigenvalue weighted by molar-refractivity contribution is -0.129. The molecule has 0 spiro atoms. The molecule has 0 unspecified atom stereocenters. The maximum absolute atomic E-state index is 12.8. The molecule has 2 bridgehead atoms. The van der Waals surface area contributed by atoms with Crippen LogP contribution in [0.15, 0.2) is 30.6 Å². The summed E-state index contributed by atoms with van der Waals surface area (Å²) in [5.41, 5.74) is 1.92. The highest BCUT2D eigenvalue weighted by atomic mass is 16.2. The number of hydrogen-bond acceptors (Lipinski definition) is 2. The molecule has 4 aliphatic rings. The molecular weight excluding hydrogens is 286 g/mol. The monoisotopic (exact) mass is 309 g/mol. The second-order valence-electron chi connectivity index (χ2n) is 7.66. The fraction of sp³-hybridized carbons (Fsp3) is 0.579. The highest BCUT2D eigenvalue weighted by Gasteiger charge is 2.48. The third-order valence-electron chi connectivity index (χ3n) is 6.62. The lowest BCUT2D eigenvalue weighted by atomic mass is 9.60. The Morgan fingerprint density at radius 1 is 1.09 bits per heavy atom. The minimum Gasteiger partial charge on any atom is -0.342 e. The van der Waals surface area contributed by atoms with Gasteiger partial charge in [0.25, 0.3) is 0 Å². The van der Waals surface area contributed by atoms with Crippen molar-refractivity contribution in [2.75, 3.05) is 13.1 Å². The van der Waals surface area contributed by atoms with Crippen molar-refractivity contribution in [2.24, 2.45) is 23.7 Å². The van der Waals surface area contributed by atoms with E-state index < -0.39 is 0 Å². The maximum atomic E-state index is 12.8. The van der Waals surface area contributed by atoms with E-state index in [4.69, 9.17) is 0 Å². The Labute approximate surface area is 136 Å². The average Bonchev–Trinajstić information content (AvgIpc) is 3.22. The highest BCUT2D eigenvalue weighted by Crippen LogP contribution is 2.51. The van der Waals surface area contributed by atoms with Crippen LogP contribution >= 0.6 is 0 Å². The van der Waals surface area contributed by atoms with Crippen LogP contribution in [-0.2, 0) is 11.2 Å². The molecule has 3 heterocycles. The van der Waals surface area contributed by atoms with Crippen molar-refractivity contribution >= 4 is 11.6 Å². The zero-order valence-corrected chi connectivity index (χ0v) is 13.4. The van der Waals surface area contributed by atoms with Gasteiger partial charge in [-0.15, -0.1) is 0 Å². The molecule has 120 valence electrons. The van der Waals surface area contributed by atoms with E-state index in [0.29, 0.717) is 6.42 Å². The largest absolute Gasteiger partial charge is 0.342 e. The summed E-state index contributed by atoms with van der Waals surface area (Å²) in [6, 6.07) is 5.95. The zero-order chi connectivity index (χ0) is 15.4. The number of hydrogen-bond donors (Lipinski definition) is 0. The normalized spacial score (nSPS) is 32.4. The molecule has 2 aromatic heterocycles. The summed E-state index contributed by atoms with van der Waals surface area (Å²) in [6.45, 7) is 2.00. The molecule has 4 fully saturated rings. The summed E-state index contributed by atoms with van der Waals surface area (Å²) in [7, 11) is 0. The van der Waals surface area contributed by atoms with E-state index in [1.165, 1.54) is 25.7 Å². The fourth-order valence-electron chi connectivity index (χ4n) is 5.44. The summed E-state index contributed by atoms with van der Waals surface area (Å²) in [5.74, 6) is 3.63. The Morgan fingerprint density at radius 2 is 1.78 bits per heavy atom. The van der Waals surface area contributed by atoms with Crippen molar-refractivity contribution in [1.82, 2.24) is 14.3 Å². The number of carbonyl (C=O) groups is 1. The van der Waals surface area contributed by atoms with Gasteiger partial charge in [0.1, 0.15) is 5.65 Å². The van der Waals surface area contributed by atoms with Gasteiger partial charge < -0.3 is 9.30 Å². The summed E-state index contributed by atoms with van der Waals surface area (Å²) in [4.78, 5) is 19.4. The summed E-state index contributed by atoms with van der Waals surface area (Å²) < 4.78 is 2.03. The first-order valence-electron chi connectivity index (χ1n) is 8.98. The van der Waals surface area contributed by atoms with Gasteiger partial charge in [-0.1, -0.05) is 6.07 Å². The van der Waals surface area contributed by atoms with Gasteiger partial charge in [-0.25, -0.2) is 4.98 Å². The van der Waals surface area contributed by atoms with Crippen molar-refractivity contribution in [1.29, 1.82) is 0 Å². The van der Waals surface area contributed by atoms with Gasteiger partial charge in [-0.3, -0.25) is 4.79 Å². The van der Waals surface area contributed by atoms with Crippen LogP contribution in [0, 0.1) is 23.7 Å². The third kappa shape index (κ3) is 2.11. The quantitative estimate of drug-likeness (QED) is 0.855. The first-order chi connectivity index (χ1) is 11.3. The highest BCUT2D eigenvalue weighted by molar-refractivity contribution is 5.79. The first-order valence-corrected chi connectivity index (χ1v) is 8.98. The number of nitrogens with zero attached hydrogens (tertiary/aromatic N) is 3. The van der Waals surface area contributed by atoms with Crippen LogP contribution in [0.4, 0.5) is 0 Å². The second-order valence-corrected chi connectivity index (χ2v) is 7.66. The smallest absolute Gasteiger partial charge is 0.228 e. The summed E-state index contributed by atoms with van der Waals surface area (Å²) >= 11 is 0. The number of rotatable bonds is 2. The number of likely N-dealkylation sites (tertiary alicyclic amines) is 1. The molecule has 3 aliphatic carbocycles. The standard InChI is InChI=1S/C19H23N3O/c23-19(9-15-10-20-18-3-1-2-8-22(15)18)21-11-16-13-4-5-14(7-6-13)17(16)12-21/h1-3,8,10,13-14,16-17H,4-7,9,11-12H2/t13?,14?,16-,17+. The Morgan fingerprint density at radius 3 is 2.48 bits per heavy atom. The molecule has 4 heteroatoms. The van der Waals surface area contributed by atoms with Gasteiger partial charge in [0.05, 0.1) is 12.1 Å². The van der Waals surface area contributed by atoms with Crippen LogP contribution in [0.2, 0.25) is 0 Å². The maximum Gasteiger partial charge on any atom is 0.228 e. The van der Waals surface area contributed by atoms with E-state index >= 15 is 0 Å². The van der Waals surface area contributed by atoms with Gasteiger partial charge >= 0.3 is 0 Å². The van der Waals surface area contributed by atoms with E-state index in [2.05, 4.69) is 9.88 Å². The Hall–Kier alpha value is -1.84. The molecule has 1 amide bonds. The molecule has 2 aromatic rings. The summed E-state index contributed by atoms with van der Waals surface area (Å²) in [6.07, 6.45) is 9.93. The van der Waals surface area contributed by atoms with Crippen LogP contribution in [0.25, 0.3) is 5.65 Å². The molecule has 4 nitrogen and oxygen atoms in total. The van der Waals surface area contributed by atoms with Crippen molar-refractivity contribution in [2.45, 2.75) is 32.1 Å². The molecule has 6 rings (SSSR count). The predicted molar refractivity (Wildman–Crippen MR) is 87.9 cm³/mol. The number of aromatic nitrogens is 2. The van der Waals surface area contributed by atoms with Gasteiger partial charge in [-0.2, -0.15) is 0 Å². The number of amides is 1. The van der Waals surface area contributed by atoms with Crippen LogP contribution in [0.5, 0.6) is 0 Å². The summed E-state index contributed by atoms with van der Waals surface area (Å²) in [5, 5.41) is 0. The Kier molecular flexibility index (Phi) is 3.00. The average molecular weight is 309 g/mol. The zero-order valence-electron chi connectivity index (χ0n) is 13.4. The molecule has 0 aromatic carbocycles. The number of carbonyl (C=O) groups excluding carboxylic acids is 1. The van der Waals surface area contributed by atoms with E-state index in [1.54, 1.807) is 0 Å². The fourth-order valence-corrected chi connectivity index (χ4v) is 5.44. The third-order valence-corrected chi connectivity index (χ3v) is 6.62. The van der Waals surface area contributed by atoms with Gasteiger partial charge in [0.15, 0.2) is 0 Å². The predicted octanol–water partition coefficient (Wildman–Crippen LogP) is 2.77. The molecule has 1 saturated heterocycles. The second kappa shape index (κ2) is 5.08. The number of pyridine rings is 1. The molecular formula is C19H23N3O. The van der Waals surface area contributed by atoms with E-state index in [1.807, 2.05) is 35.0 Å².